The van der Waals surface area contributed by atoms with Crippen molar-refractivity contribution in [1.29, 1.82) is 0 Å². The maximum Gasteiger partial charge on any atom is 0.343 e. The minimum Gasteiger partial charge on any atom is -0.505 e. The third-order valence-corrected chi connectivity index (χ3v) is 5.71. The van der Waals surface area contributed by atoms with Crippen LogP contribution in [0.3, 0.4) is 0 Å². The number of hydrogen-bond acceptors (Lipinski definition) is 7. The van der Waals surface area contributed by atoms with E-state index in [-0.39, 0.29) is 28.5 Å². The van der Waals surface area contributed by atoms with E-state index < -0.39 is 16.0 Å². The number of halogens is 1. The number of carbonyl (C=O) groups is 1. The van der Waals surface area contributed by atoms with E-state index in [1.165, 1.54) is 37.5 Å². The van der Waals surface area contributed by atoms with Gasteiger partial charge in [0.1, 0.15) is 22.8 Å². The van der Waals surface area contributed by atoms with Crippen molar-refractivity contribution in [2.24, 2.45) is 4.99 Å². The summed E-state index contributed by atoms with van der Waals surface area (Å²) in [6.07, 6.45) is 1.44. The van der Waals surface area contributed by atoms with E-state index in [0.29, 0.717) is 22.3 Å². The van der Waals surface area contributed by atoms with Gasteiger partial charge in [0.15, 0.2) is 5.76 Å². The van der Waals surface area contributed by atoms with E-state index in [1.54, 1.807) is 19.1 Å². The van der Waals surface area contributed by atoms with Crippen LogP contribution < -0.4 is 4.72 Å². The molecule has 0 fully saturated rings. The van der Waals surface area contributed by atoms with E-state index in [2.05, 4.69) is 14.5 Å². The van der Waals surface area contributed by atoms with Crippen molar-refractivity contribution in [3.63, 3.8) is 0 Å². The fraction of sp³-hybridized carbons (Fsp3) is 0.158. The van der Waals surface area contributed by atoms with Crippen LogP contribution in [0.4, 0.5) is 0 Å². The molecule has 0 bridgehead atoms. The molecule has 0 aliphatic carbocycles. The molecule has 0 radical (unpaired) electrons. The molecule has 1 aromatic heterocycles. The topological polar surface area (TPSA) is 118 Å². The lowest BCUT2D eigenvalue weighted by atomic mass is 10.1. The van der Waals surface area contributed by atoms with Crippen LogP contribution >= 0.6 is 11.6 Å². The minimum atomic E-state index is -3.73. The quantitative estimate of drug-likeness (QED) is 0.671. The summed E-state index contributed by atoms with van der Waals surface area (Å²) in [5, 5.41) is 10.6. The number of esters is 1. The summed E-state index contributed by atoms with van der Waals surface area (Å²) in [5.74, 6) is -0.320. The molecule has 3 rings (SSSR count). The van der Waals surface area contributed by atoms with Crippen molar-refractivity contribution in [2.75, 3.05) is 7.11 Å². The summed E-state index contributed by atoms with van der Waals surface area (Å²) in [6.45, 7) is 1.49. The highest BCUT2D eigenvalue weighted by Gasteiger charge is 2.27. The highest BCUT2D eigenvalue weighted by atomic mass is 35.5. The Morgan fingerprint density at radius 2 is 1.97 bits per heavy atom. The molecular weight excluding hydrogens is 420 g/mol. The fourth-order valence-corrected chi connectivity index (χ4v) is 3.72. The Bertz CT molecular complexity index is 1140. The lowest BCUT2D eigenvalue weighted by molar-refractivity contribution is -0.135. The maximum atomic E-state index is 12.3. The average Bonchev–Trinajstić information content (AvgIpc) is 3.24. The predicted molar refractivity (Wildman–Crippen MR) is 107 cm³/mol. The Hall–Kier alpha value is -2.88. The van der Waals surface area contributed by atoms with Crippen molar-refractivity contribution >= 4 is 39.4 Å². The van der Waals surface area contributed by atoms with Crippen LogP contribution in [0, 0.1) is 0 Å². The van der Waals surface area contributed by atoms with Crippen molar-refractivity contribution in [3.05, 3.63) is 70.0 Å². The number of rotatable bonds is 6. The van der Waals surface area contributed by atoms with Crippen LogP contribution in [0.5, 0.6) is 0 Å². The summed E-state index contributed by atoms with van der Waals surface area (Å²) in [4.78, 5) is 15.9. The lowest BCUT2D eigenvalue weighted by Gasteiger charge is -2.05. The first-order valence-corrected chi connectivity index (χ1v) is 10.2. The number of benzene rings is 1. The van der Waals surface area contributed by atoms with E-state index in [1.807, 2.05) is 0 Å². The van der Waals surface area contributed by atoms with E-state index in [9.17, 15) is 18.3 Å². The van der Waals surface area contributed by atoms with Crippen molar-refractivity contribution in [2.45, 2.75) is 18.4 Å². The number of aliphatic imine (C=N–C) groups is 1. The standard InChI is InChI=1S/C19H17ClN2O6S/c1-11-17(19(24)27-2)18(23)16(22-11)9-13-5-6-14(28-13)10-21-29(25,26)15-7-3-12(20)4-8-15/h3-9,21,23H,10H2,1-2H3/b16-9+. The van der Waals surface area contributed by atoms with E-state index >= 15 is 0 Å². The van der Waals surface area contributed by atoms with Crippen molar-refractivity contribution < 1.29 is 27.5 Å². The molecule has 152 valence electrons. The number of carbonyl (C=O) groups excluding carboxylic acids is 1. The molecule has 0 unspecified atom stereocenters. The number of nitrogens with zero attached hydrogens (tertiary/aromatic N) is 1. The van der Waals surface area contributed by atoms with Gasteiger partial charge >= 0.3 is 5.97 Å². The molecule has 1 aliphatic rings. The van der Waals surface area contributed by atoms with Gasteiger partial charge in [-0.05, 0) is 43.3 Å². The largest absolute Gasteiger partial charge is 0.505 e. The number of ether oxygens (including phenoxy) is 1. The number of hydrogen-bond donors (Lipinski definition) is 2. The Labute approximate surface area is 172 Å². The highest BCUT2D eigenvalue weighted by molar-refractivity contribution is 7.89. The van der Waals surface area contributed by atoms with Gasteiger partial charge in [0.05, 0.1) is 24.3 Å². The monoisotopic (exact) mass is 436 g/mol. The zero-order valence-electron chi connectivity index (χ0n) is 15.5. The highest BCUT2D eigenvalue weighted by Crippen LogP contribution is 2.26. The second-order valence-electron chi connectivity index (χ2n) is 6.02. The van der Waals surface area contributed by atoms with Crippen LogP contribution in [0.1, 0.15) is 18.4 Å². The molecule has 2 N–H and O–H groups in total. The van der Waals surface area contributed by atoms with Gasteiger partial charge in [0, 0.05) is 11.1 Å². The van der Waals surface area contributed by atoms with Crippen LogP contribution in [0.25, 0.3) is 6.08 Å². The molecule has 10 heteroatoms. The van der Waals surface area contributed by atoms with Crippen LogP contribution in [-0.4, -0.2) is 32.3 Å². The molecule has 0 saturated heterocycles. The predicted octanol–water partition coefficient (Wildman–Crippen LogP) is 3.21. The molecule has 0 atom stereocenters. The molecular formula is C19H17ClN2O6S. The summed E-state index contributed by atoms with van der Waals surface area (Å²) in [7, 11) is -2.52. The zero-order chi connectivity index (χ0) is 21.2. The van der Waals surface area contributed by atoms with Crippen LogP contribution in [0.15, 0.2) is 67.7 Å². The van der Waals surface area contributed by atoms with Gasteiger partial charge in [-0.2, -0.15) is 0 Å². The van der Waals surface area contributed by atoms with Gasteiger partial charge in [-0.1, -0.05) is 11.6 Å². The van der Waals surface area contributed by atoms with Gasteiger partial charge < -0.3 is 14.3 Å². The number of methoxy groups -OCH3 is 1. The molecule has 1 aliphatic heterocycles. The average molecular weight is 437 g/mol. The van der Waals surface area contributed by atoms with Crippen LogP contribution in [-0.2, 0) is 26.1 Å². The SMILES string of the molecule is COC(=O)C1=C(O)/C(=C\c2ccc(CNS(=O)(=O)c3ccc(Cl)cc3)o2)N=C1C. The number of furan rings is 1. The number of nitrogens with one attached hydrogen (secondary N) is 1. The second-order valence-corrected chi connectivity index (χ2v) is 8.23. The van der Waals surface area contributed by atoms with Gasteiger partial charge in [-0.15, -0.1) is 0 Å². The molecule has 29 heavy (non-hydrogen) atoms. The molecule has 0 spiro atoms. The Morgan fingerprint density at radius 3 is 2.62 bits per heavy atom. The first-order chi connectivity index (χ1) is 13.7. The van der Waals surface area contributed by atoms with Crippen molar-refractivity contribution in [1.82, 2.24) is 4.72 Å². The Balaban J connectivity index is 1.73. The number of aliphatic hydroxyl groups excluding tert-OH is 1. The fourth-order valence-electron chi connectivity index (χ4n) is 2.60. The molecule has 8 nitrogen and oxygen atoms in total. The molecule has 2 aromatic rings. The van der Waals surface area contributed by atoms with E-state index in [4.69, 9.17) is 16.0 Å². The normalized spacial score (nSPS) is 15.7. The third-order valence-electron chi connectivity index (χ3n) is 4.04. The maximum absolute atomic E-state index is 12.3. The summed E-state index contributed by atoms with van der Waals surface area (Å²) >= 11 is 5.77. The van der Waals surface area contributed by atoms with Crippen molar-refractivity contribution in [3.8, 4) is 0 Å². The third kappa shape index (κ3) is 4.58. The van der Waals surface area contributed by atoms with Gasteiger partial charge in [-0.25, -0.2) is 22.9 Å². The molecule has 1 aromatic carbocycles. The number of sulfonamides is 1. The molecule has 0 saturated carbocycles. The van der Waals surface area contributed by atoms with E-state index in [0.717, 1.165) is 0 Å². The first kappa shape index (κ1) is 20.8. The minimum absolute atomic E-state index is 0.0127. The van der Waals surface area contributed by atoms with Gasteiger partial charge in [-0.3, -0.25) is 0 Å². The summed E-state index contributed by atoms with van der Waals surface area (Å²) in [5.41, 5.74) is 0.454. The van der Waals surface area contributed by atoms with Gasteiger partial charge in [0.2, 0.25) is 10.0 Å². The zero-order valence-corrected chi connectivity index (χ0v) is 17.0. The smallest absolute Gasteiger partial charge is 0.343 e. The Kier molecular flexibility index (Phi) is 5.92. The summed E-state index contributed by atoms with van der Waals surface area (Å²) < 4.78 is 37.2. The second kappa shape index (κ2) is 8.24. The van der Waals surface area contributed by atoms with Crippen LogP contribution in [0.2, 0.25) is 5.02 Å². The number of aliphatic hydroxyl groups is 1. The lowest BCUT2D eigenvalue weighted by Crippen LogP contribution is -2.22. The first-order valence-electron chi connectivity index (χ1n) is 8.34. The summed E-state index contributed by atoms with van der Waals surface area (Å²) in [6, 6.07) is 8.95. The molecule has 0 amide bonds. The Morgan fingerprint density at radius 1 is 1.28 bits per heavy atom. The van der Waals surface area contributed by atoms with Gasteiger partial charge in [0.25, 0.3) is 0 Å². The molecule has 2 heterocycles.